The first-order valence-electron chi connectivity index (χ1n) is 6.13. The highest BCUT2D eigenvalue weighted by Crippen LogP contribution is 2.30. The van der Waals surface area contributed by atoms with Gasteiger partial charge in [0.25, 0.3) is 0 Å². The first-order chi connectivity index (χ1) is 9.42. The van der Waals surface area contributed by atoms with E-state index in [-0.39, 0.29) is 0 Å². The molecule has 0 spiro atoms. The Kier molecular flexibility index (Phi) is 1.46. The van der Waals surface area contributed by atoms with Crippen LogP contribution < -0.4 is 4.57 Å². The molecule has 0 aliphatic carbocycles. The van der Waals surface area contributed by atoms with Gasteiger partial charge in [-0.3, -0.25) is 4.98 Å². The predicted octanol–water partition coefficient (Wildman–Crippen LogP) is 1.79. The van der Waals surface area contributed by atoms with Gasteiger partial charge in [-0.25, -0.2) is 4.98 Å². The number of hydrogen-bond acceptors (Lipinski definition) is 3. The number of pyridine rings is 1. The van der Waals surface area contributed by atoms with Crippen LogP contribution in [0.3, 0.4) is 0 Å². The summed E-state index contributed by atoms with van der Waals surface area (Å²) in [4.78, 5) is 8.56. The summed E-state index contributed by atoms with van der Waals surface area (Å²) in [6, 6.07) is 6.06. The Morgan fingerprint density at radius 3 is 3.32 bits per heavy atom. The molecule has 0 bridgehead atoms. The average molecular weight is 249 g/mol. The van der Waals surface area contributed by atoms with Crippen LogP contribution in [-0.4, -0.2) is 14.4 Å². The summed E-state index contributed by atoms with van der Waals surface area (Å²) >= 11 is 0. The molecule has 4 aromatic heterocycles. The highest BCUT2D eigenvalue weighted by molar-refractivity contribution is 5.78. The molecule has 0 saturated carbocycles. The molecule has 5 heteroatoms. The molecular formula is C14H9N4O+. The monoisotopic (exact) mass is 249 g/mol. The predicted molar refractivity (Wildman–Crippen MR) is 67.5 cm³/mol. The lowest BCUT2D eigenvalue weighted by molar-refractivity contribution is -0.651. The Morgan fingerprint density at radius 1 is 1.32 bits per heavy atom. The van der Waals surface area contributed by atoms with E-state index >= 15 is 0 Å². The van der Waals surface area contributed by atoms with Crippen LogP contribution in [0.25, 0.3) is 28.3 Å². The maximum Gasteiger partial charge on any atom is 0.333 e. The van der Waals surface area contributed by atoms with E-state index in [1.807, 2.05) is 24.5 Å². The van der Waals surface area contributed by atoms with E-state index in [9.17, 15) is 0 Å². The van der Waals surface area contributed by atoms with Crippen LogP contribution in [0.2, 0.25) is 0 Å². The summed E-state index contributed by atoms with van der Waals surface area (Å²) in [6.45, 7) is 0.805. The van der Waals surface area contributed by atoms with Gasteiger partial charge in [-0.2, -0.15) is 8.97 Å². The number of aromatic nitrogens is 4. The molecule has 5 nitrogen and oxygen atoms in total. The smallest absolute Gasteiger partial charge is 0.333 e. The lowest BCUT2D eigenvalue weighted by Crippen LogP contribution is -2.31. The summed E-state index contributed by atoms with van der Waals surface area (Å²) < 4.78 is 10.2. The Labute approximate surface area is 107 Å². The second kappa shape index (κ2) is 3.00. The molecule has 0 saturated heterocycles. The van der Waals surface area contributed by atoms with Crippen molar-refractivity contribution < 1.29 is 8.98 Å². The Balaban J connectivity index is 1.94. The van der Waals surface area contributed by atoms with Crippen molar-refractivity contribution in [3.05, 3.63) is 48.5 Å². The number of hydrogen-bond donors (Lipinski definition) is 0. The molecule has 0 amide bonds. The van der Waals surface area contributed by atoms with Crippen molar-refractivity contribution in [2.24, 2.45) is 0 Å². The van der Waals surface area contributed by atoms with Crippen molar-refractivity contribution in [1.29, 1.82) is 0 Å². The molecule has 90 valence electrons. The first-order valence-corrected chi connectivity index (χ1v) is 6.13. The molecular weight excluding hydrogens is 240 g/mol. The molecule has 0 unspecified atom stereocenters. The minimum atomic E-state index is 0.805. The summed E-state index contributed by atoms with van der Waals surface area (Å²) in [5.41, 5.74) is 5.12. The third-order valence-electron chi connectivity index (χ3n) is 3.64. The van der Waals surface area contributed by atoms with Gasteiger partial charge in [-0.1, -0.05) is 6.07 Å². The van der Waals surface area contributed by atoms with E-state index in [4.69, 9.17) is 4.42 Å². The normalized spacial score (nSPS) is 13.1. The minimum absolute atomic E-state index is 0.805. The topological polar surface area (TPSA) is 47.2 Å². The van der Waals surface area contributed by atoms with E-state index < -0.39 is 0 Å². The molecule has 0 fully saturated rings. The molecule has 1 aliphatic heterocycles. The van der Waals surface area contributed by atoms with Gasteiger partial charge >= 0.3 is 11.5 Å². The highest BCUT2D eigenvalue weighted by atomic mass is 16.4. The van der Waals surface area contributed by atoms with Crippen LogP contribution in [0.1, 0.15) is 5.56 Å². The fraction of sp³-hybridized carbons (Fsp3) is 0.0714. The van der Waals surface area contributed by atoms with Gasteiger partial charge in [0.2, 0.25) is 5.58 Å². The van der Waals surface area contributed by atoms with Gasteiger partial charge < -0.3 is 4.42 Å². The van der Waals surface area contributed by atoms with Crippen LogP contribution in [0.15, 0.2) is 47.4 Å². The average Bonchev–Trinajstić information content (AvgIpc) is 3.05. The molecule has 0 radical (unpaired) electrons. The van der Waals surface area contributed by atoms with Gasteiger partial charge in [0.15, 0.2) is 11.2 Å². The first kappa shape index (κ1) is 9.27. The van der Waals surface area contributed by atoms with E-state index in [1.54, 1.807) is 12.4 Å². The maximum absolute atomic E-state index is 5.97. The van der Waals surface area contributed by atoms with Gasteiger partial charge in [-0.05, 0) is 6.07 Å². The van der Waals surface area contributed by atoms with Crippen molar-refractivity contribution in [3.63, 3.8) is 0 Å². The van der Waals surface area contributed by atoms with E-state index in [1.165, 1.54) is 5.56 Å². The molecule has 1 aliphatic rings. The van der Waals surface area contributed by atoms with Crippen LogP contribution in [0, 0.1) is 0 Å². The maximum atomic E-state index is 5.97. The Morgan fingerprint density at radius 2 is 2.32 bits per heavy atom. The van der Waals surface area contributed by atoms with Crippen molar-refractivity contribution >= 4 is 16.7 Å². The summed E-state index contributed by atoms with van der Waals surface area (Å²) in [6.07, 6.45) is 7.38. The number of oxazole rings is 1. The highest BCUT2D eigenvalue weighted by Gasteiger charge is 2.33. The third kappa shape index (κ3) is 1.03. The summed E-state index contributed by atoms with van der Waals surface area (Å²) in [7, 11) is 0. The zero-order chi connectivity index (χ0) is 12.4. The lowest BCUT2D eigenvalue weighted by Gasteiger charge is -1.90. The van der Waals surface area contributed by atoms with Crippen molar-refractivity contribution in [3.8, 4) is 11.6 Å². The largest absolute Gasteiger partial charge is 0.412 e. The van der Waals surface area contributed by atoms with Crippen LogP contribution in [0.4, 0.5) is 0 Å². The Bertz CT molecular complexity index is 951. The van der Waals surface area contributed by atoms with Crippen LogP contribution in [-0.2, 0) is 6.54 Å². The van der Waals surface area contributed by atoms with E-state index in [0.717, 1.165) is 34.9 Å². The van der Waals surface area contributed by atoms with Crippen LogP contribution >= 0.6 is 0 Å². The lowest BCUT2D eigenvalue weighted by atomic mass is 10.2. The molecule has 0 atom stereocenters. The zero-order valence-corrected chi connectivity index (χ0v) is 9.95. The second-order valence-corrected chi connectivity index (χ2v) is 4.71. The molecule has 5 rings (SSSR count). The second-order valence-electron chi connectivity index (χ2n) is 4.71. The standard InChI is InChI=1S/C14H9N4O/c1-2-9-8-18-13-11(19-14(18)12(9)16-3-1)6-10-7-15-4-5-17(10)13/h1-7H,8H2/q+1. The van der Waals surface area contributed by atoms with Crippen molar-refractivity contribution in [1.82, 2.24) is 14.4 Å². The SMILES string of the molecule is c1cnc2c(c1)C[n+]1c-2oc2cc3cnccn3c21. The molecule has 4 aromatic rings. The third-order valence-corrected chi connectivity index (χ3v) is 3.64. The number of nitrogens with zero attached hydrogens (tertiary/aromatic N) is 4. The van der Waals surface area contributed by atoms with Crippen LogP contribution in [0.5, 0.6) is 0 Å². The van der Waals surface area contributed by atoms with Gasteiger partial charge in [0.1, 0.15) is 12.7 Å². The molecule has 5 heterocycles. The molecule has 0 aromatic carbocycles. The zero-order valence-electron chi connectivity index (χ0n) is 9.95. The fourth-order valence-corrected chi connectivity index (χ4v) is 2.84. The number of rotatable bonds is 0. The van der Waals surface area contributed by atoms with Gasteiger partial charge in [-0.15, -0.1) is 0 Å². The molecule has 19 heavy (non-hydrogen) atoms. The van der Waals surface area contributed by atoms with Gasteiger partial charge in [0.05, 0.1) is 12.4 Å². The minimum Gasteiger partial charge on any atom is -0.412 e. The summed E-state index contributed by atoms with van der Waals surface area (Å²) in [5, 5.41) is 0. The van der Waals surface area contributed by atoms with E-state index in [2.05, 4.69) is 25.0 Å². The quantitative estimate of drug-likeness (QED) is 0.393. The Hall–Kier alpha value is -2.69. The van der Waals surface area contributed by atoms with Crippen molar-refractivity contribution in [2.75, 3.05) is 0 Å². The summed E-state index contributed by atoms with van der Waals surface area (Å²) in [5.74, 6) is 0.840. The number of fused-ring (bicyclic) bond motifs is 7. The van der Waals surface area contributed by atoms with Gasteiger partial charge in [0, 0.05) is 17.8 Å². The fourth-order valence-electron chi connectivity index (χ4n) is 2.84. The molecule has 0 N–H and O–H groups in total. The van der Waals surface area contributed by atoms with E-state index in [0.29, 0.717) is 0 Å². The van der Waals surface area contributed by atoms with Crippen molar-refractivity contribution in [2.45, 2.75) is 6.54 Å².